The van der Waals surface area contributed by atoms with Crippen molar-refractivity contribution in [1.29, 1.82) is 0 Å². The van der Waals surface area contributed by atoms with Crippen LogP contribution >= 0.6 is 11.6 Å². The normalized spacial score (nSPS) is 16.2. The average molecular weight is 460 g/mol. The van der Waals surface area contributed by atoms with Crippen LogP contribution in [-0.4, -0.2) is 41.0 Å². The zero-order chi connectivity index (χ0) is 22.5. The smallest absolute Gasteiger partial charge is 0.267 e. The summed E-state index contributed by atoms with van der Waals surface area (Å²) in [5.74, 6) is 1.34. The number of imidazole rings is 1. The number of hydrogen-bond acceptors (Lipinski definition) is 8. The number of nitrogens with two attached hydrogens (primary N) is 1. The number of halogens is 1. The summed E-state index contributed by atoms with van der Waals surface area (Å²) in [6.45, 7) is 0.708. The largest absolute Gasteiger partial charge is 0.368 e. The number of anilines is 2. The Morgan fingerprint density at radius 1 is 1.15 bits per heavy atom. The van der Waals surface area contributed by atoms with Gasteiger partial charge in [-0.25, -0.2) is 9.97 Å². The van der Waals surface area contributed by atoms with Gasteiger partial charge in [0.2, 0.25) is 5.95 Å². The molecule has 1 aliphatic heterocycles. The minimum absolute atomic E-state index is 0.148. The lowest BCUT2D eigenvalue weighted by Gasteiger charge is -2.27. The summed E-state index contributed by atoms with van der Waals surface area (Å²) in [5, 5.41) is 0.733. The van der Waals surface area contributed by atoms with E-state index < -0.39 is 0 Å². The molecule has 5 heterocycles. The molecule has 0 bridgehead atoms. The third-order valence-electron chi connectivity index (χ3n) is 5.88. The SMILES string of the molecule is Nc1nc(N2CCCC2c2nc3cccc(Cl)c3c(=O)n2-c2cccnc2)c2nc[nH]c2n1. The van der Waals surface area contributed by atoms with E-state index in [1.807, 2.05) is 6.07 Å². The molecule has 0 aliphatic carbocycles. The van der Waals surface area contributed by atoms with Gasteiger partial charge in [-0.2, -0.15) is 9.97 Å². The van der Waals surface area contributed by atoms with Gasteiger partial charge in [0.1, 0.15) is 5.82 Å². The molecule has 0 spiro atoms. The first-order valence-electron chi connectivity index (χ1n) is 10.5. The number of nitrogens with zero attached hydrogens (tertiary/aromatic N) is 7. The van der Waals surface area contributed by atoms with Crippen molar-refractivity contribution in [3.63, 3.8) is 0 Å². The number of aromatic nitrogens is 7. The molecule has 0 saturated carbocycles. The van der Waals surface area contributed by atoms with Crippen molar-refractivity contribution in [2.75, 3.05) is 17.2 Å². The summed E-state index contributed by atoms with van der Waals surface area (Å²) < 4.78 is 1.59. The van der Waals surface area contributed by atoms with E-state index in [1.165, 1.54) is 0 Å². The number of hydrogen-bond donors (Lipinski definition) is 2. The van der Waals surface area contributed by atoms with Crippen molar-refractivity contribution in [1.82, 2.24) is 34.5 Å². The Kier molecular flexibility index (Phi) is 4.47. The van der Waals surface area contributed by atoms with E-state index in [-0.39, 0.29) is 17.5 Å². The second-order valence-electron chi connectivity index (χ2n) is 7.81. The lowest BCUT2D eigenvalue weighted by molar-refractivity contribution is 0.634. The highest BCUT2D eigenvalue weighted by Gasteiger charge is 2.34. The van der Waals surface area contributed by atoms with Gasteiger partial charge in [-0.1, -0.05) is 17.7 Å². The van der Waals surface area contributed by atoms with Gasteiger partial charge in [0.05, 0.1) is 40.2 Å². The minimum Gasteiger partial charge on any atom is -0.368 e. The Labute approximate surface area is 192 Å². The van der Waals surface area contributed by atoms with Crippen LogP contribution in [0.15, 0.2) is 53.8 Å². The molecule has 1 atom stereocenters. The van der Waals surface area contributed by atoms with Gasteiger partial charge in [0.25, 0.3) is 5.56 Å². The van der Waals surface area contributed by atoms with Crippen LogP contribution < -0.4 is 16.2 Å². The number of nitrogen functional groups attached to an aromatic ring is 1. The van der Waals surface area contributed by atoms with E-state index in [0.29, 0.717) is 51.0 Å². The monoisotopic (exact) mass is 459 g/mol. The molecular formula is C22H18ClN9O. The van der Waals surface area contributed by atoms with E-state index in [0.717, 1.165) is 12.8 Å². The second kappa shape index (κ2) is 7.52. The highest BCUT2D eigenvalue weighted by molar-refractivity contribution is 6.35. The lowest BCUT2D eigenvalue weighted by atomic mass is 10.1. The van der Waals surface area contributed by atoms with Crippen LogP contribution in [0.25, 0.3) is 27.8 Å². The number of benzene rings is 1. The Morgan fingerprint density at radius 2 is 2.06 bits per heavy atom. The van der Waals surface area contributed by atoms with Crippen molar-refractivity contribution >= 4 is 45.4 Å². The Morgan fingerprint density at radius 3 is 2.91 bits per heavy atom. The highest BCUT2D eigenvalue weighted by atomic mass is 35.5. The van der Waals surface area contributed by atoms with Crippen LogP contribution in [0.5, 0.6) is 0 Å². The maximum absolute atomic E-state index is 13.7. The standard InChI is InChI=1S/C22H18ClN9O/c23-13-5-1-6-14-16(13)21(33)32(12-4-2-8-25-10-12)19(28-14)15-7-3-9-31(15)20-17-18(27-11-26-17)29-22(24)30-20/h1-2,4-6,8,10-11,15H,3,7,9H2,(H3,24,26,27,29,30). The topological polar surface area (TPSA) is 132 Å². The summed E-state index contributed by atoms with van der Waals surface area (Å²) in [4.78, 5) is 41.1. The first-order chi connectivity index (χ1) is 16.1. The summed E-state index contributed by atoms with van der Waals surface area (Å²) in [6.07, 6.45) is 6.53. The predicted molar refractivity (Wildman–Crippen MR) is 126 cm³/mol. The fourth-order valence-electron chi connectivity index (χ4n) is 4.49. The molecular weight excluding hydrogens is 442 g/mol. The molecule has 1 fully saturated rings. The molecule has 1 saturated heterocycles. The third kappa shape index (κ3) is 3.10. The van der Waals surface area contributed by atoms with Gasteiger partial charge >= 0.3 is 0 Å². The molecule has 0 radical (unpaired) electrons. The number of pyridine rings is 1. The van der Waals surface area contributed by atoms with E-state index in [9.17, 15) is 4.79 Å². The molecule has 6 rings (SSSR count). The van der Waals surface area contributed by atoms with Crippen molar-refractivity contribution in [3.05, 3.63) is 70.3 Å². The Balaban J connectivity index is 1.62. The fourth-order valence-corrected chi connectivity index (χ4v) is 4.74. The molecule has 11 heteroatoms. The van der Waals surface area contributed by atoms with E-state index >= 15 is 0 Å². The van der Waals surface area contributed by atoms with E-state index in [1.54, 1.807) is 47.6 Å². The molecule has 164 valence electrons. The molecule has 10 nitrogen and oxygen atoms in total. The first kappa shape index (κ1) is 19.6. The Hall–Kier alpha value is -4.05. The molecule has 3 N–H and O–H groups in total. The van der Waals surface area contributed by atoms with Gasteiger partial charge in [-0.05, 0) is 37.1 Å². The third-order valence-corrected chi connectivity index (χ3v) is 6.19. The van der Waals surface area contributed by atoms with Gasteiger partial charge in [0, 0.05) is 12.7 Å². The predicted octanol–water partition coefficient (Wildman–Crippen LogP) is 3.02. The number of H-pyrrole nitrogens is 1. The zero-order valence-electron chi connectivity index (χ0n) is 17.3. The lowest BCUT2D eigenvalue weighted by Crippen LogP contribution is -2.32. The van der Waals surface area contributed by atoms with Crippen molar-refractivity contribution in [3.8, 4) is 5.69 Å². The maximum Gasteiger partial charge on any atom is 0.267 e. The van der Waals surface area contributed by atoms with Crippen molar-refractivity contribution in [2.45, 2.75) is 18.9 Å². The Bertz CT molecular complexity index is 1560. The fraction of sp³-hybridized carbons (Fsp3) is 0.182. The molecule has 1 unspecified atom stereocenters. The summed E-state index contributed by atoms with van der Waals surface area (Å²) in [5.41, 5.74) is 8.08. The first-order valence-corrected chi connectivity index (χ1v) is 10.8. The molecule has 1 aliphatic rings. The van der Waals surface area contributed by atoms with Gasteiger partial charge < -0.3 is 15.6 Å². The summed E-state index contributed by atoms with van der Waals surface area (Å²) >= 11 is 6.41. The highest BCUT2D eigenvalue weighted by Crippen LogP contribution is 2.38. The average Bonchev–Trinajstić information content (AvgIpc) is 3.48. The van der Waals surface area contributed by atoms with E-state index in [4.69, 9.17) is 22.3 Å². The van der Waals surface area contributed by atoms with Crippen LogP contribution in [0.2, 0.25) is 5.02 Å². The minimum atomic E-state index is -0.243. The van der Waals surface area contributed by atoms with E-state index in [2.05, 4.69) is 29.8 Å². The second-order valence-corrected chi connectivity index (χ2v) is 8.22. The summed E-state index contributed by atoms with van der Waals surface area (Å²) in [7, 11) is 0. The molecule has 4 aromatic heterocycles. The molecule has 33 heavy (non-hydrogen) atoms. The summed E-state index contributed by atoms with van der Waals surface area (Å²) in [6, 6.07) is 8.66. The van der Waals surface area contributed by atoms with Crippen LogP contribution in [0, 0.1) is 0 Å². The van der Waals surface area contributed by atoms with Gasteiger partial charge in [-0.15, -0.1) is 0 Å². The van der Waals surface area contributed by atoms with Crippen LogP contribution in [0.3, 0.4) is 0 Å². The number of aromatic amines is 1. The number of rotatable bonds is 3. The van der Waals surface area contributed by atoms with Gasteiger partial charge in [0.15, 0.2) is 17.0 Å². The molecule has 0 amide bonds. The number of nitrogens with one attached hydrogen (secondary N) is 1. The number of fused-ring (bicyclic) bond motifs is 2. The van der Waals surface area contributed by atoms with Gasteiger partial charge in [-0.3, -0.25) is 14.3 Å². The molecule has 5 aromatic rings. The van der Waals surface area contributed by atoms with Crippen LogP contribution in [0.4, 0.5) is 11.8 Å². The molecule has 1 aromatic carbocycles. The zero-order valence-corrected chi connectivity index (χ0v) is 18.1. The van der Waals surface area contributed by atoms with Crippen LogP contribution in [0.1, 0.15) is 24.7 Å². The maximum atomic E-state index is 13.7. The quantitative estimate of drug-likeness (QED) is 0.420. The van der Waals surface area contributed by atoms with Crippen molar-refractivity contribution < 1.29 is 0 Å². The van der Waals surface area contributed by atoms with Crippen molar-refractivity contribution in [2.24, 2.45) is 0 Å². The van der Waals surface area contributed by atoms with Crippen LogP contribution in [-0.2, 0) is 0 Å².